The third kappa shape index (κ3) is 8.51. The predicted octanol–water partition coefficient (Wildman–Crippen LogP) is -0.364. The molecule has 0 saturated heterocycles. The average Bonchev–Trinajstić information content (AvgIpc) is 2.21. The quantitative estimate of drug-likeness (QED) is 0.405. The molecule has 0 aromatic carbocycles. The molecule has 0 aliphatic heterocycles. The molecule has 0 aliphatic rings. The second kappa shape index (κ2) is 8.46. The lowest BCUT2D eigenvalue weighted by atomic mass is 10.2. The predicted molar refractivity (Wildman–Crippen MR) is 63.7 cm³/mol. The van der Waals surface area contributed by atoms with Gasteiger partial charge in [-0.05, 0) is 20.3 Å². The first kappa shape index (κ1) is 16.4. The van der Waals surface area contributed by atoms with Crippen LogP contribution in [0.25, 0.3) is 0 Å². The molecule has 1 atom stereocenters. The van der Waals surface area contributed by atoms with Gasteiger partial charge >= 0.3 is 11.9 Å². The zero-order valence-corrected chi connectivity index (χ0v) is 10.6. The van der Waals surface area contributed by atoms with Crippen LogP contribution in [0.1, 0.15) is 33.1 Å². The molecule has 0 aromatic rings. The van der Waals surface area contributed by atoms with Crippen molar-refractivity contribution >= 4 is 17.8 Å². The number of hydrogen-bond acceptors (Lipinski definition) is 5. The maximum Gasteiger partial charge on any atom is 0.306 e. The number of hydrogen-bond donors (Lipinski definition) is 3. The molecule has 0 radical (unpaired) electrons. The lowest BCUT2D eigenvalue weighted by Gasteiger charge is -2.10. The van der Waals surface area contributed by atoms with Crippen LogP contribution in [0.4, 0.5) is 0 Å². The topological polar surface area (TPSA) is 119 Å². The molecule has 0 bridgehead atoms. The molecule has 0 heterocycles. The Balaban J connectivity index is 3.68. The standard InChI is InChI=1S/C11H20N2O5/c1-7(2)18-10(16)4-3-5-13-11(17)8(12)6-9(14)15/h7-8H,3-6,12H2,1-2H3,(H,13,17)(H,14,15)/t8-/m0/s1. The largest absolute Gasteiger partial charge is 0.481 e. The fraction of sp³-hybridized carbons (Fsp3) is 0.727. The van der Waals surface area contributed by atoms with Gasteiger partial charge in [-0.1, -0.05) is 0 Å². The summed E-state index contributed by atoms with van der Waals surface area (Å²) in [6, 6.07) is -1.06. The van der Waals surface area contributed by atoms with Crippen LogP contribution in [0.5, 0.6) is 0 Å². The second-order valence-corrected chi connectivity index (χ2v) is 4.14. The first-order valence-electron chi connectivity index (χ1n) is 5.77. The molecule has 0 saturated carbocycles. The van der Waals surface area contributed by atoms with Gasteiger partial charge in [-0.15, -0.1) is 0 Å². The van der Waals surface area contributed by atoms with E-state index in [0.717, 1.165) is 0 Å². The van der Waals surface area contributed by atoms with Gasteiger partial charge in [0, 0.05) is 13.0 Å². The highest BCUT2D eigenvalue weighted by Gasteiger charge is 2.16. The SMILES string of the molecule is CC(C)OC(=O)CCCNC(=O)[C@@H](N)CC(=O)O. The summed E-state index contributed by atoms with van der Waals surface area (Å²) in [5.41, 5.74) is 5.34. The third-order valence-corrected chi connectivity index (χ3v) is 1.96. The van der Waals surface area contributed by atoms with E-state index in [0.29, 0.717) is 6.42 Å². The minimum absolute atomic E-state index is 0.156. The van der Waals surface area contributed by atoms with E-state index in [4.69, 9.17) is 15.6 Å². The highest BCUT2D eigenvalue weighted by Crippen LogP contribution is 1.96. The van der Waals surface area contributed by atoms with Crippen molar-refractivity contribution in [2.45, 2.75) is 45.3 Å². The van der Waals surface area contributed by atoms with E-state index in [-0.39, 0.29) is 25.0 Å². The number of nitrogens with one attached hydrogen (secondary N) is 1. The highest BCUT2D eigenvalue weighted by atomic mass is 16.5. The van der Waals surface area contributed by atoms with Crippen LogP contribution in [-0.4, -0.2) is 41.6 Å². The molecule has 0 fully saturated rings. The number of carbonyl (C=O) groups excluding carboxylic acids is 2. The molecule has 7 heteroatoms. The lowest BCUT2D eigenvalue weighted by molar-refractivity contribution is -0.147. The molecule has 0 aliphatic carbocycles. The van der Waals surface area contributed by atoms with Gasteiger partial charge in [0.1, 0.15) is 0 Å². The highest BCUT2D eigenvalue weighted by molar-refractivity contribution is 5.85. The van der Waals surface area contributed by atoms with E-state index in [9.17, 15) is 14.4 Å². The number of esters is 1. The number of nitrogens with two attached hydrogens (primary N) is 1. The summed E-state index contributed by atoms with van der Waals surface area (Å²) in [5.74, 6) is -1.98. The van der Waals surface area contributed by atoms with Gasteiger partial charge in [-0.25, -0.2) is 0 Å². The van der Waals surface area contributed by atoms with Crippen molar-refractivity contribution in [3.05, 3.63) is 0 Å². The minimum atomic E-state index is -1.13. The Labute approximate surface area is 106 Å². The summed E-state index contributed by atoms with van der Waals surface area (Å²) >= 11 is 0. The fourth-order valence-corrected chi connectivity index (χ4v) is 1.18. The molecular formula is C11H20N2O5. The molecule has 0 spiro atoms. The van der Waals surface area contributed by atoms with Gasteiger partial charge in [0.25, 0.3) is 0 Å². The van der Waals surface area contributed by atoms with E-state index in [1.807, 2.05) is 0 Å². The molecule has 18 heavy (non-hydrogen) atoms. The van der Waals surface area contributed by atoms with Crippen LogP contribution in [0.15, 0.2) is 0 Å². The summed E-state index contributed by atoms with van der Waals surface area (Å²) in [5, 5.41) is 10.9. The van der Waals surface area contributed by atoms with Crippen molar-refractivity contribution in [3.63, 3.8) is 0 Å². The zero-order valence-electron chi connectivity index (χ0n) is 10.6. The summed E-state index contributed by atoms with van der Waals surface area (Å²) in [7, 11) is 0. The van der Waals surface area contributed by atoms with E-state index in [1.165, 1.54) is 0 Å². The number of carboxylic acid groups (broad SMARTS) is 1. The average molecular weight is 260 g/mol. The molecule has 0 unspecified atom stereocenters. The molecule has 7 nitrogen and oxygen atoms in total. The van der Waals surface area contributed by atoms with Crippen LogP contribution < -0.4 is 11.1 Å². The number of rotatable bonds is 8. The number of ether oxygens (including phenoxy) is 1. The first-order valence-corrected chi connectivity index (χ1v) is 5.77. The second-order valence-electron chi connectivity index (χ2n) is 4.14. The van der Waals surface area contributed by atoms with Crippen molar-refractivity contribution < 1.29 is 24.2 Å². The van der Waals surface area contributed by atoms with Crippen LogP contribution in [0.3, 0.4) is 0 Å². The van der Waals surface area contributed by atoms with Gasteiger partial charge in [-0.2, -0.15) is 0 Å². The number of amides is 1. The number of carboxylic acids is 1. The van der Waals surface area contributed by atoms with Gasteiger partial charge in [0.2, 0.25) is 5.91 Å². The summed E-state index contributed by atoms with van der Waals surface area (Å²) < 4.78 is 4.90. The van der Waals surface area contributed by atoms with Crippen molar-refractivity contribution in [1.29, 1.82) is 0 Å². The Kier molecular flexibility index (Phi) is 7.69. The molecule has 104 valence electrons. The van der Waals surface area contributed by atoms with Crippen molar-refractivity contribution in [2.24, 2.45) is 5.73 Å². The Bertz CT molecular complexity index is 304. The van der Waals surface area contributed by atoms with Crippen molar-refractivity contribution in [1.82, 2.24) is 5.32 Å². The van der Waals surface area contributed by atoms with Crippen LogP contribution >= 0.6 is 0 Å². The number of carbonyl (C=O) groups is 3. The Morgan fingerprint density at radius 1 is 1.33 bits per heavy atom. The Morgan fingerprint density at radius 3 is 2.44 bits per heavy atom. The molecule has 4 N–H and O–H groups in total. The lowest BCUT2D eigenvalue weighted by Crippen LogP contribution is -2.42. The smallest absolute Gasteiger partial charge is 0.306 e. The minimum Gasteiger partial charge on any atom is -0.481 e. The Morgan fingerprint density at radius 2 is 1.94 bits per heavy atom. The zero-order chi connectivity index (χ0) is 14.1. The maximum absolute atomic E-state index is 11.3. The number of aliphatic carboxylic acids is 1. The van der Waals surface area contributed by atoms with E-state index >= 15 is 0 Å². The molecule has 0 aromatic heterocycles. The van der Waals surface area contributed by atoms with Crippen LogP contribution in [-0.2, 0) is 19.1 Å². The summed E-state index contributed by atoms with van der Waals surface area (Å²) in [4.78, 5) is 32.7. The van der Waals surface area contributed by atoms with Crippen LogP contribution in [0.2, 0.25) is 0 Å². The van der Waals surface area contributed by atoms with E-state index in [1.54, 1.807) is 13.8 Å². The van der Waals surface area contributed by atoms with Gasteiger partial charge in [-0.3, -0.25) is 14.4 Å². The van der Waals surface area contributed by atoms with Gasteiger partial charge in [0.05, 0.1) is 18.6 Å². The van der Waals surface area contributed by atoms with Crippen molar-refractivity contribution in [2.75, 3.05) is 6.54 Å². The van der Waals surface area contributed by atoms with Gasteiger partial charge < -0.3 is 20.9 Å². The fourth-order valence-electron chi connectivity index (χ4n) is 1.18. The molecular weight excluding hydrogens is 240 g/mol. The summed E-state index contributed by atoms with van der Waals surface area (Å²) in [6.07, 6.45) is 0.0568. The molecule has 0 rings (SSSR count). The first-order chi connectivity index (χ1) is 8.32. The monoisotopic (exact) mass is 260 g/mol. The summed E-state index contributed by atoms with van der Waals surface area (Å²) in [6.45, 7) is 3.77. The molecule has 1 amide bonds. The van der Waals surface area contributed by atoms with Gasteiger partial charge in [0.15, 0.2) is 0 Å². The van der Waals surface area contributed by atoms with E-state index < -0.39 is 24.3 Å². The normalized spacial score (nSPS) is 12.0. The van der Waals surface area contributed by atoms with Crippen molar-refractivity contribution in [3.8, 4) is 0 Å². The third-order valence-electron chi connectivity index (χ3n) is 1.96. The maximum atomic E-state index is 11.3. The van der Waals surface area contributed by atoms with Crippen LogP contribution in [0, 0.1) is 0 Å². The van der Waals surface area contributed by atoms with E-state index in [2.05, 4.69) is 5.32 Å². The Hall–Kier alpha value is -1.63.